The van der Waals surface area contributed by atoms with Crippen molar-refractivity contribution in [1.82, 2.24) is 14.9 Å². The van der Waals surface area contributed by atoms with Crippen LogP contribution in [-0.4, -0.2) is 33.4 Å². The van der Waals surface area contributed by atoms with Crippen LogP contribution in [0.1, 0.15) is 27.0 Å². The summed E-state index contributed by atoms with van der Waals surface area (Å²) in [5, 5.41) is 0. The lowest BCUT2D eigenvalue weighted by Gasteiger charge is -2.36. The Balaban J connectivity index is 1.60. The molecule has 3 aromatic rings. The van der Waals surface area contributed by atoms with Gasteiger partial charge in [-0.2, -0.15) is 0 Å². The fourth-order valence-corrected chi connectivity index (χ4v) is 3.78. The third kappa shape index (κ3) is 4.45. The Morgan fingerprint density at radius 3 is 2.83 bits per heavy atom. The molecule has 1 amide bonds. The average Bonchev–Trinajstić information content (AvgIpc) is 2.72. The molecule has 1 aliphatic heterocycles. The van der Waals surface area contributed by atoms with Crippen molar-refractivity contribution in [1.29, 1.82) is 0 Å². The van der Waals surface area contributed by atoms with Crippen LogP contribution in [0.3, 0.4) is 0 Å². The van der Waals surface area contributed by atoms with Gasteiger partial charge in [0.15, 0.2) is 0 Å². The Labute approximate surface area is 176 Å². The molecule has 0 radical (unpaired) electrons. The second kappa shape index (κ2) is 8.29. The number of rotatable bonds is 4. The van der Waals surface area contributed by atoms with Crippen LogP contribution in [0, 0.1) is 12.7 Å². The number of halogens is 2. The molecule has 0 N–H and O–H groups in total. The Kier molecular flexibility index (Phi) is 5.58. The van der Waals surface area contributed by atoms with Crippen molar-refractivity contribution in [3.63, 3.8) is 0 Å². The number of pyridine rings is 2. The molecule has 0 saturated heterocycles. The molecular weight excluding hydrogens is 437 g/mol. The first-order valence-electron chi connectivity index (χ1n) is 9.24. The van der Waals surface area contributed by atoms with Crippen molar-refractivity contribution in [2.75, 3.05) is 6.61 Å². The van der Waals surface area contributed by atoms with Gasteiger partial charge in [0.2, 0.25) is 5.88 Å². The fourth-order valence-electron chi connectivity index (χ4n) is 3.42. The summed E-state index contributed by atoms with van der Waals surface area (Å²) in [6.07, 6.45) is 5.42. The zero-order valence-electron chi connectivity index (χ0n) is 15.8. The second-order valence-electron chi connectivity index (χ2n) is 7.08. The Hall–Kier alpha value is -2.80. The molecule has 3 heterocycles. The van der Waals surface area contributed by atoms with Crippen molar-refractivity contribution in [2.45, 2.75) is 25.9 Å². The molecule has 0 unspecified atom stereocenters. The molecule has 0 aliphatic carbocycles. The maximum Gasteiger partial charge on any atom is 0.256 e. The Bertz CT molecular complexity index is 1040. The standard InChI is InChI=1S/C22H19BrFN3O2/c1-14-2-5-21(26-9-14)29-13-20-8-16-7-19(24)4-3-15(16)12-27(20)22(28)17-6-18(23)11-25-10-17/h2-7,9-11,20H,8,12-13H2,1H3/t20-/m0/s1. The molecule has 0 bridgehead atoms. The predicted molar refractivity (Wildman–Crippen MR) is 110 cm³/mol. The van der Waals surface area contributed by atoms with Crippen LogP contribution >= 0.6 is 15.9 Å². The van der Waals surface area contributed by atoms with Gasteiger partial charge in [-0.05, 0) is 64.2 Å². The average molecular weight is 456 g/mol. The van der Waals surface area contributed by atoms with Gasteiger partial charge in [0.25, 0.3) is 5.91 Å². The summed E-state index contributed by atoms with van der Waals surface area (Å²) < 4.78 is 20.3. The maximum atomic E-state index is 13.7. The van der Waals surface area contributed by atoms with E-state index in [2.05, 4.69) is 25.9 Å². The molecule has 1 aromatic carbocycles. The minimum absolute atomic E-state index is 0.140. The van der Waals surface area contributed by atoms with Gasteiger partial charge in [0, 0.05) is 35.7 Å². The number of amides is 1. The molecule has 148 valence electrons. The molecule has 0 saturated carbocycles. The number of hydrogen-bond donors (Lipinski definition) is 0. The molecule has 2 aromatic heterocycles. The number of aryl methyl sites for hydroxylation is 1. The largest absolute Gasteiger partial charge is 0.475 e. The third-order valence-electron chi connectivity index (χ3n) is 4.93. The lowest BCUT2D eigenvalue weighted by Crippen LogP contribution is -2.47. The summed E-state index contributed by atoms with van der Waals surface area (Å²) >= 11 is 3.36. The molecule has 29 heavy (non-hydrogen) atoms. The van der Waals surface area contributed by atoms with Gasteiger partial charge in [-0.15, -0.1) is 0 Å². The highest BCUT2D eigenvalue weighted by molar-refractivity contribution is 9.10. The Morgan fingerprint density at radius 2 is 2.07 bits per heavy atom. The van der Waals surface area contributed by atoms with E-state index in [0.717, 1.165) is 21.2 Å². The summed E-state index contributed by atoms with van der Waals surface area (Å²) in [5.74, 6) is 0.0796. The zero-order valence-corrected chi connectivity index (χ0v) is 17.4. The van der Waals surface area contributed by atoms with Crippen molar-refractivity contribution in [3.05, 3.63) is 87.5 Å². The first-order chi connectivity index (χ1) is 14.0. The number of nitrogens with zero attached hydrogens (tertiary/aromatic N) is 3. The molecule has 0 fully saturated rings. The summed E-state index contributed by atoms with van der Waals surface area (Å²) in [4.78, 5) is 23.3. The predicted octanol–water partition coefficient (Wildman–Crippen LogP) is 4.33. The topological polar surface area (TPSA) is 55.3 Å². The van der Waals surface area contributed by atoms with E-state index in [1.165, 1.54) is 12.1 Å². The van der Waals surface area contributed by atoms with Crippen LogP contribution < -0.4 is 4.74 Å². The molecular formula is C22H19BrFN3O2. The van der Waals surface area contributed by atoms with Crippen LogP contribution in [-0.2, 0) is 13.0 Å². The SMILES string of the molecule is Cc1ccc(OC[C@@H]2Cc3cc(F)ccc3CN2C(=O)c2cncc(Br)c2)nc1. The minimum atomic E-state index is -0.278. The van der Waals surface area contributed by atoms with Crippen molar-refractivity contribution >= 4 is 21.8 Å². The molecule has 1 atom stereocenters. The number of benzene rings is 1. The monoisotopic (exact) mass is 455 g/mol. The van der Waals surface area contributed by atoms with E-state index in [1.54, 1.807) is 41.7 Å². The van der Waals surface area contributed by atoms with E-state index < -0.39 is 0 Å². The van der Waals surface area contributed by atoms with E-state index in [9.17, 15) is 9.18 Å². The number of carbonyl (C=O) groups excluding carboxylic acids is 1. The zero-order chi connectivity index (χ0) is 20.4. The van der Waals surface area contributed by atoms with Gasteiger partial charge in [0.05, 0.1) is 11.6 Å². The molecule has 1 aliphatic rings. The maximum absolute atomic E-state index is 13.7. The number of hydrogen-bond acceptors (Lipinski definition) is 4. The van der Waals surface area contributed by atoms with Crippen molar-refractivity contribution in [3.8, 4) is 5.88 Å². The quantitative estimate of drug-likeness (QED) is 0.587. The van der Waals surface area contributed by atoms with E-state index in [1.807, 2.05) is 13.0 Å². The van der Waals surface area contributed by atoms with Crippen LogP contribution in [0.15, 0.2) is 59.5 Å². The van der Waals surface area contributed by atoms with Crippen molar-refractivity contribution < 1.29 is 13.9 Å². The number of aromatic nitrogens is 2. The van der Waals surface area contributed by atoms with Gasteiger partial charge >= 0.3 is 0 Å². The highest BCUT2D eigenvalue weighted by Gasteiger charge is 2.31. The molecule has 0 spiro atoms. The highest BCUT2D eigenvalue weighted by atomic mass is 79.9. The minimum Gasteiger partial charge on any atom is -0.475 e. The van der Waals surface area contributed by atoms with E-state index >= 15 is 0 Å². The number of ether oxygens (including phenoxy) is 1. The van der Waals surface area contributed by atoms with Crippen LogP contribution in [0.5, 0.6) is 5.88 Å². The van der Waals surface area contributed by atoms with Gasteiger partial charge in [0.1, 0.15) is 12.4 Å². The smallest absolute Gasteiger partial charge is 0.256 e. The molecule has 5 nitrogen and oxygen atoms in total. The number of carbonyl (C=O) groups is 1. The normalized spacial score (nSPS) is 15.7. The summed E-state index contributed by atoms with van der Waals surface area (Å²) in [6.45, 7) is 2.60. The van der Waals surface area contributed by atoms with Crippen LogP contribution in [0.25, 0.3) is 0 Å². The second-order valence-corrected chi connectivity index (χ2v) is 8.00. The van der Waals surface area contributed by atoms with E-state index in [-0.39, 0.29) is 24.4 Å². The number of fused-ring (bicyclic) bond motifs is 1. The highest BCUT2D eigenvalue weighted by Crippen LogP contribution is 2.27. The van der Waals surface area contributed by atoms with Gasteiger partial charge < -0.3 is 9.64 Å². The van der Waals surface area contributed by atoms with Gasteiger partial charge in [-0.1, -0.05) is 12.1 Å². The summed E-state index contributed by atoms with van der Waals surface area (Å²) in [5.41, 5.74) is 3.36. The first kappa shape index (κ1) is 19.5. The van der Waals surface area contributed by atoms with Crippen LogP contribution in [0.4, 0.5) is 4.39 Å². The van der Waals surface area contributed by atoms with Crippen molar-refractivity contribution in [2.24, 2.45) is 0 Å². The van der Waals surface area contributed by atoms with Gasteiger partial charge in [-0.25, -0.2) is 9.37 Å². The van der Waals surface area contributed by atoms with Crippen LogP contribution in [0.2, 0.25) is 0 Å². The Morgan fingerprint density at radius 1 is 1.21 bits per heavy atom. The lowest BCUT2D eigenvalue weighted by molar-refractivity contribution is 0.0562. The molecule has 4 rings (SSSR count). The third-order valence-corrected chi connectivity index (χ3v) is 5.36. The van der Waals surface area contributed by atoms with E-state index in [4.69, 9.17) is 4.74 Å². The fraction of sp³-hybridized carbons (Fsp3) is 0.227. The molecule has 7 heteroatoms. The van der Waals surface area contributed by atoms with E-state index in [0.29, 0.717) is 24.4 Å². The van der Waals surface area contributed by atoms with Gasteiger partial charge in [-0.3, -0.25) is 9.78 Å². The first-order valence-corrected chi connectivity index (χ1v) is 10.0. The lowest BCUT2D eigenvalue weighted by atomic mass is 9.93. The summed E-state index contributed by atoms with van der Waals surface area (Å²) in [6, 6.07) is 9.92. The summed E-state index contributed by atoms with van der Waals surface area (Å²) in [7, 11) is 0.